The predicted octanol–water partition coefficient (Wildman–Crippen LogP) is 2.62. The van der Waals surface area contributed by atoms with E-state index in [1.807, 2.05) is 18.4 Å². The Bertz CT molecular complexity index is 588. The smallest absolute Gasteiger partial charge is 0.191 e. The van der Waals surface area contributed by atoms with E-state index in [9.17, 15) is 0 Å². The number of guanidine groups is 1. The van der Waals surface area contributed by atoms with E-state index in [-0.39, 0.29) is 24.0 Å². The van der Waals surface area contributed by atoms with Crippen LogP contribution in [-0.2, 0) is 13.0 Å². The van der Waals surface area contributed by atoms with Crippen LogP contribution in [0.2, 0.25) is 0 Å². The van der Waals surface area contributed by atoms with Crippen LogP contribution in [0.1, 0.15) is 31.2 Å². The fourth-order valence-corrected chi connectivity index (χ4v) is 4.70. The number of halogens is 1. The topological polar surface area (TPSA) is 42.9 Å². The molecular weight excluding hydrogens is 457 g/mol. The zero-order valence-electron chi connectivity index (χ0n) is 16.5. The van der Waals surface area contributed by atoms with Gasteiger partial charge < -0.3 is 10.6 Å². The Labute approximate surface area is 179 Å². The SMILES string of the molecule is CN=C(NCCN1CCc2sccc2C1)NC1CN(C(C)C)CC1C.I. The lowest BCUT2D eigenvalue weighted by molar-refractivity contribution is 0.259. The molecule has 1 fully saturated rings. The molecule has 1 aromatic rings. The predicted molar refractivity (Wildman–Crippen MR) is 123 cm³/mol. The van der Waals surface area contributed by atoms with Gasteiger partial charge in [-0.3, -0.25) is 14.8 Å². The molecule has 0 spiro atoms. The monoisotopic (exact) mass is 491 g/mol. The first-order valence-corrected chi connectivity index (χ1v) is 10.4. The highest BCUT2D eigenvalue weighted by atomic mass is 127. The van der Waals surface area contributed by atoms with Gasteiger partial charge in [0.05, 0.1) is 0 Å². The molecule has 3 heterocycles. The van der Waals surface area contributed by atoms with Gasteiger partial charge in [-0.1, -0.05) is 6.92 Å². The molecule has 1 aromatic heterocycles. The summed E-state index contributed by atoms with van der Waals surface area (Å²) in [5.74, 6) is 1.59. The summed E-state index contributed by atoms with van der Waals surface area (Å²) in [6.45, 7) is 13.4. The molecule has 26 heavy (non-hydrogen) atoms. The van der Waals surface area contributed by atoms with Crippen molar-refractivity contribution in [1.29, 1.82) is 0 Å². The van der Waals surface area contributed by atoms with Gasteiger partial charge in [0, 0.05) is 63.3 Å². The molecule has 2 aliphatic rings. The van der Waals surface area contributed by atoms with E-state index in [0.717, 1.165) is 32.1 Å². The maximum absolute atomic E-state index is 4.43. The summed E-state index contributed by atoms with van der Waals surface area (Å²) < 4.78 is 0. The van der Waals surface area contributed by atoms with Gasteiger partial charge in [-0.2, -0.15) is 0 Å². The van der Waals surface area contributed by atoms with Gasteiger partial charge in [-0.15, -0.1) is 35.3 Å². The number of fused-ring (bicyclic) bond motifs is 1. The van der Waals surface area contributed by atoms with Crippen molar-refractivity contribution in [2.45, 2.75) is 45.8 Å². The molecule has 5 nitrogen and oxygen atoms in total. The minimum absolute atomic E-state index is 0. The number of hydrogen-bond acceptors (Lipinski definition) is 4. The third kappa shape index (κ3) is 5.56. The van der Waals surface area contributed by atoms with Crippen LogP contribution in [0.15, 0.2) is 16.4 Å². The van der Waals surface area contributed by atoms with Crippen molar-refractivity contribution >= 4 is 41.3 Å². The second kappa shape index (κ2) is 10.2. The Morgan fingerprint density at radius 1 is 1.38 bits per heavy atom. The molecule has 0 aromatic carbocycles. The Morgan fingerprint density at radius 3 is 2.88 bits per heavy atom. The van der Waals surface area contributed by atoms with Crippen LogP contribution in [0.5, 0.6) is 0 Å². The van der Waals surface area contributed by atoms with Gasteiger partial charge in [0.2, 0.25) is 0 Å². The second-order valence-electron chi connectivity index (χ2n) is 7.67. The molecule has 3 rings (SSSR count). The fourth-order valence-electron chi connectivity index (χ4n) is 3.81. The zero-order chi connectivity index (χ0) is 17.8. The minimum atomic E-state index is 0. The molecule has 0 bridgehead atoms. The molecular formula is C19H34IN5S. The van der Waals surface area contributed by atoms with Crippen molar-refractivity contribution < 1.29 is 0 Å². The maximum atomic E-state index is 4.43. The van der Waals surface area contributed by atoms with Crippen LogP contribution in [0.4, 0.5) is 0 Å². The van der Waals surface area contributed by atoms with E-state index in [1.54, 1.807) is 4.88 Å². The van der Waals surface area contributed by atoms with Crippen molar-refractivity contribution in [2.75, 3.05) is 39.8 Å². The van der Waals surface area contributed by atoms with E-state index < -0.39 is 0 Å². The van der Waals surface area contributed by atoms with Crippen LogP contribution in [-0.4, -0.2) is 67.6 Å². The van der Waals surface area contributed by atoms with Crippen LogP contribution in [0.25, 0.3) is 0 Å². The van der Waals surface area contributed by atoms with Crippen LogP contribution < -0.4 is 10.6 Å². The summed E-state index contributed by atoms with van der Waals surface area (Å²) in [7, 11) is 1.87. The van der Waals surface area contributed by atoms with Crippen molar-refractivity contribution in [2.24, 2.45) is 10.9 Å². The molecule has 2 unspecified atom stereocenters. The van der Waals surface area contributed by atoms with E-state index >= 15 is 0 Å². The highest BCUT2D eigenvalue weighted by molar-refractivity contribution is 14.0. The summed E-state index contributed by atoms with van der Waals surface area (Å²) in [5.41, 5.74) is 1.52. The minimum Gasteiger partial charge on any atom is -0.355 e. The van der Waals surface area contributed by atoms with Crippen molar-refractivity contribution in [3.63, 3.8) is 0 Å². The van der Waals surface area contributed by atoms with Gasteiger partial charge in [0.15, 0.2) is 5.96 Å². The van der Waals surface area contributed by atoms with Gasteiger partial charge in [0.1, 0.15) is 0 Å². The van der Waals surface area contributed by atoms with E-state index in [0.29, 0.717) is 18.0 Å². The number of rotatable bonds is 5. The fraction of sp³-hybridized carbons (Fsp3) is 0.737. The standard InChI is InChI=1S/C19H33N5S.HI/c1-14(2)24-11-15(3)17(13-24)22-19(20-4)21-7-9-23-8-5-18-16(12-23)6-10-25-18;/h6,10,14-15,17H,5,7-9,11-13H2,1-4H3,(H2,20,21,22);1H. The zero-order valence-corrected chi connectivity index (χ0v) is 19.6. The Morgan fingerprint density at radius 2 is 2.19 bits per heavy atom. The first kappa shape index (κ1) is 21.9. The van der Waals surface area contributed by atoms with Crippen LogP contribution >= 0.6 is 35.3 Å². The molecule has 0 aliphatic carbocycles. The molecule has 0 amide bonds. The highest BCUT2D eigenvalue weighted by Gasteiger charge is 2.31. The second-order valence-corrected chi connectivity index (χ2v) is 8.67. The lowest BCUT2D eigenvalue weighted by atomic mass is 10.1. The average Bonchev–Trinajstić information content (AvgIpc) is 3.20. The third-order valence-electron chi connectivity index (χ3n) is 5.52. The first-order valence-electron chi connectivity index (χ1n) is 9.55. The number of aliphatic imine (C=N–C) groups is 1. The normalized spacial score (nSPS) is 24.4. The first-order chi connectivity index (χ1) is 12.1. The number of nitrogens with zero attached hydrogens (tertiary/aromatic N) is 3. The number of nitrogens with one attached hydrogen (secondary N) is 2. The van der Waals surface area contributed by atoms with E-state index in [4.69, 9.17) is 0 Å². The highest BCUT2D eigenvalue weighted by Crippen LogP contribution is 2.23. The lowest BCUT2D eigenvalue weighted by Crippen LogP contribution is -2.48. The lowest BCUT2D eigenvalue weighted by Gasteiger charge is -2.27. The average molecular weight is 491 g/mol. The summed E-state index contributed by atoms with van der Waals surface area (Å²) >= 11 is 1.90. The number of thiophene rings is 1. The van der Waals surface area contributed by atoms with Crippen molar-refractivity contribution in [1.82, 2.24) is 20.4 Å². The van der Waals surface area contributed by atoms with Gasteiger partial charge in [-0.05, 0) is 43.2 Å². The third-order valence-corrected chi connectivity index (χ3v) is 6.55. The Kier molecular flexibility index (Phi) is 8.63. The maximum Gasteiger partial charge on any atom is 0.191 e. The summed E-state index contributed by atoms with van der Waals surface area (Å²) in [4.78, 5) is 11.1. The number of likely N-dealkylation sites (tertiary alicyclic amines) is 1. The number of hydrogen-bond donors (Lipinski definition) is 2. The van der Waals surface area contributed by atoms with Gasteiger partial charge in [0.25, 0.3) is 0 Å². The molecule has 2 N–H and O–H groups in total. The van der Waals surface area contributed by atoms with Crippen molar-refractivity contribution in [3.05, 3.63) is 21.9 Å². The molecule has 1 saturated heterocycles. The molecule has 2 atom stereocenters. The summed E-state index contributed by atoms with van der Waals surface area (Å²) in [5, 5.41) is 9.36. The molecule has 7 heteroatoms. The van der Waals surface area contributed by atoms with Crippen LogP contribution in [0.3, 0.4) is 0 Å². The largest absolute Gasteiger partial charge is 0.355 e. The quantitative estimate of drug-likeness (QED) is 0.378. The van der Waals surface area contributed by atoms with Gasteiger partial charge >= 0.3 is 0 Å². The van der Waals surface area contributed by atoms with E-state index in [2.05, 4.69) is 57.6 Å². The Balaban J connectivity index is 0.00000243. The Hall–Kier alpha value is -0.380. The molecule has 0 saturated carbocycles. The molecule has 0 radical (unpaired) electrons. The summed E-state index contributed by atoms with van der Waals surface area (Å²) in [6.07, 6.45) is 1.20. The van der Waals surface area contributed by atoms with Crippen molar-refractivity contribution in [3.8, 4) is 0 Å². The van der Waals surface area contributed by atoms with Crippen LogP contribution in [0, 0.1) is 5.92 Å². The molecule has 148 valence electrons. The van der Waals surface area contributed by atoms with E-state index in [1.165, 1.54) is 25.1 Å². The van der Waals surface area contributed by atoms with Gasteiger partial charge in [-0.25, -0.2) is 0 Å². The molecule has 2 aliphatic heterocycles. The summed E-state index contributed by atoms with van der Waals surface area (Å²) in [6, 6.07) is 3.38.